The molecule has 0 saturated heterocycles. The second kappa shape index (κ2) is 7.23. The Bertz CT molecular complexity index is 1480. The number of thiazole rings is 1. The average Bonchev–Trinajstić information content (AvgIpc) is 3.30. The molecule has 6 rings (SSSR count). The maximum Gasteiger partial charge on any atom is 0.319 e. The van der Waals surface area contributed by atoms with Crippen LogP contribution >= 0.6 is 11.3 Å². The third-order valence-corrected chi connectivity index (χ3v) is 6.84. The summed E-state index contributed by atoms with van der Waals surface area (Å²) in [7, 11) is 3.11. The number of rotatable bonds is 5. The molecule has 5 aromatic rings. The lowest BCUT2D eigenvalue weighted by molar-refractivity contribution is 0.353. The van der Waals surface area contributed by atoms with Gasteiger partial charge in [-0.05, 0) is 48.9 Å². The number of aryl methyl sites for hydroxylation is 1. The Morgan fingerprint density at radius 2 is 1.97 bits per heavy atom. The smallest absolute Gasteiger partial charge is 0.319 e. The summed E-state index contributed by atoms with van der Waals surface area (Å²) in [5, 5.41) is 5.82. The van der Waals surface area contributed by atoms with Crippen molar-refractivity contribution in [3.63, 3.8) is 0 Å². The molecule has 0 radical (unpaired) electrons. The Morgan fingerprint density at radius 3 is 2.81 bits per heavy atom. The summed E-state index contributed by atoms with van der Waals surface area (Å²) in [6, 6.07) is 8.97. The Hall–Kier alpha value is -3.59. The molecular formula is C23H20N6O2S. The van der Waals surface area contributed by atoms with E-state index in [0.717, 1.165) is 28.3 Å². The van der Waals surface area contributed by atoms with Gasteiger partial charge in [0.15, 0.2) is 5.65 Å². The molecule has 9 heteroatoms. The van der Waals surface area contributed by atoms with E-state index in [1.54, 1.807) is 30.8 Å². The Balaban J connectivity index is 1.41. The van der Waals surface area contributed by atoms with Crippen molar-refractivity contribution in [2.75, 3.05) is 14.2 Å². The molecule has 0 amide bonds. The van der Waals surface area contributed by atoms with Gasteiger partial charge in [-0.25, -0.2) is 19.5 Å². The third kappa shape index (κ3) is 3.08. The van der Waals surface area contributed by atoms with E-state index in [0.29, 0.717) is 23.3 Å². The first-order valence-electron chi connectivity index (χ1n) is 10.3. The van der Waals surface area contributed by atoms with E-state index in [2.05, 4.69) is 51.1 Å². The van der Waals surface area contributed by atoms with Crippen LogP contribution in [0.1, 0.15) is 34.4 Å². The van der Waals surface area contributed by atoms with Crippen molar-refractivity contribution in [1.82, 2.24) is 29.5 Å². The first-order valence-corrected chi connectivity index (χ1v) is 11.1. The van der Waals surface area contributed by atoms with Crippen molar-refractivity contribution in [1.29, 1.82) is 0 Å². The van der Waals surface area contributed by atoms with E-state index < -0.39 is 0 Å². The minimum atomic E-state index is 0.255. The standard InChI is InChI=1S/C23H20N6O2S/c1-12-26-18-5-4-13(8-20(18)32-12)14-9-15(14)16-10-19(28-29-7-6-24-21(16)29)17-11-25-23(31-3)27-22(17)30-2/h4-8,10-11,14-15H,9H2,1-3H3/t14-,15?/m1/s1. The van der Waals surface area contributed by atoms with Crippen LogP contribution in [-0.2, 0) is 0 Å². The van der Waals surface area contributed by atoms with Gasteiger partial charge in [0, 0.05) is 24.2 Å². The average molecular weight is 445 g/mol. The van der Waals surface area contributed by atoms with Crippen molar-refractivity contribution in [2.24, 2.45) is 0 Å². The molecular weight excluding hydrogens is 424 g/mol. The molecule has 4 heterocycles. The Morgan fingerprint density at radius 1 is 1.06 bits per heavy atom. The van der Waals surface area contributed by atoms with Gasteiger partial charge in [-0.2, -0.15) is 10.1 Å². The highest BCUT2D eigenvalue weighted by atomic mass is 32.1. The number of fused-ring (bicyclic) bond motifs is 2. The Labute approximate surface area is 187 Å². The molecule has 1 unspecified atom stereocenters. The fourth-order valence-corrected chi connectivity index (χ4v) is 5.20. The fraction of sp³-hybridized carbons (Fsp3) is 0.261. The van der Waals surface area contributed by atoms with Crippen LogP contribution in [0.4, 0.5) is 0 Å². The zero-order chi connectivity index (χ0) is 21.8. The summed E-state index contributed by atoms with van der Waals surface area (Å²) in [4.78, 5) is 17.7. The predicted octanol–water partition coefficient (Wildman–Crippen LogP) is 4.39. The van der Waals surface area contributed by atoms with Crippen LogP contribution in [0.25, 0.3) is 27.1 Å². The van der Waals surface area contributed by atoms with Gasteiger partial charge >= 0.3 is 6.01 Å². The molecule has 1 aliphatic carbocycles. The minimum absolute atomic E-state index is 0.255. The number of imidazole rings is 1. The first kappa shape index (κ1) is 19.1. The molecule has 0 spiro atoms. The summed E-state index contributed by atoms with van der Waals surface area (Å²) in [5.74, 6) is 1.25. The SMILES string of the molecule is COc1ncc(-c2cc(C3C[C@@H]3c3ccc4nc(C)sc4c3)c3nccn3n2)c(OC)n1. The van der Waals surface area contributed by atoms with Gasteiger partial charge in [0.2, 0.25) is 5.88 Å². The number of methoxy groups -OCH3 is 2. The van der Waals surface area contributed by atoms with Gasteiger partial charge in [0.05, 0.1) is 40.7 Å². The largest absolute Gasteiger partial charge is 0.480 e. The van der Waals surface area contributed by atoms with Gasteiger partial charge in [-0.15, -0.1) is 11.3 Å². The second-order valence-electron chi connectivity index (χ2n) is 7.87. The highest BCUT2D eigenvalue weighted by Gasteiger charge is 2.41. The summed E-state index contributed by atoms with van der Waals surface area (Å²) < 4.78 is 13.7. The van der Waals surface area contributed by atoms with E-state index in [-0.39, 0.29) is 6.01 Å². The lowest BCUT2D eigenvalue weighted by Gasteiger charge is -2.10. The number of ether oxygens (including phenoxy) is 2. The molecule has 1 aromatic carbocycles. The molecule has 160 valence electrons. The number of aromatic nitrogens is 6. The summed E-state index contributed by atoms with van der Waals surface area (Å²) >= 11 is 1.74. The number of nitrogens with zero attached hydrogens (tertiary/aromatic N) is 6. The van der Waals surface area contributed by atoms with Gasteiger partial charge < -0.3 is 9.47 Å². The lowest BCUT2D eigenvalue weighted by atomic mass is 10.0. The van der Waals surface area contributed by atoms with Crippen LogP contribution in [0.5, 0.6) is 11.9 Å². The summed E-state index contributed by atoms with van der Waals surface area (Å²) in [5.41, 5.74) is 5.92. The summed E-state index contributed by atoms with van der Waals surface area (Å²) in [6.45, 7) is 2.05. The topological polar surface area (TPSA) is 87.3 Å². The lowest BCUT2D eigenvalue weighted by Crippen LogP contribution is -2.02. The predicted molar refractivity (Wildman–Crippen MR) is 122 cm³/mol. The van der Waals surface area contributed by atoms with Gasteiger partial charge in [-0.1, -0.05) is 6.07 Å². The zero-order valence-corrected chi connectivity index (χ0v) is 18.6. The van der Waals surface area contributed by atoms with E-state index >= 15 is 0 Å². The van der Waals surface area contributed by atoms with E-state index in [1.807, 2.05) is 10.7 Å². The molecule has 1 aliphatic rings. The molecule has 4 aromatic heterocycles. The fourth-order valence-electron chi connectivity index (χ4n) is 4.32. The summed E-state index contributed by atoms with van der Waals surface area (Å²) in [6.07, 6.45) is 6.40. The van der Waals surface area contributed by atoms with E-state index in [1.165, 1.54) is 22.9 Å². The normalized spacial score (nSPS) is 17.7. The van der Waals surface area contributed by atoms with Crippen molar-refractivity contribution in [2.45, 2.75) is 25.2 Å². The number of hydrogen-bond acceptors (Lipinski definition) is 8. The zero-order valence-electron chi connectivity index (χ0n) is 17.8. The number of benzene rings is 1. The molecule has 1 fully saturated rings. The van der Waals surface area contributed by atoms with Crippen LogP contribution in [0.15, 0.2) is 42.9 Å². The first-order chi connectivity index (χ1) is 15.6. The van der Waals surface area contributed by atoms with Gasteiger partial charge in [0.1, 0.15) is 0 Å². The van der Waals surface area contributed by atoms with Crippen LogP contribution in [0.3, 0.4) is 0 Å². The monoisotopic (exact) mass is 444 g/mol. The van der Waals surface area contributed by atoms with Crippen molar-refractivity contribution >= 4 is 27.2 Å². The highest BCUT2D eigenvalue weighted by Crippen LogP contribution is 2.56. The third-order valence-electron chi connectivity index (χ3n) is 5.91. The van der Waals surface area contributed by atoms with Crippen molar-refractivity contribution in [3.8, 4) is 23.1 Å². The Kier molecular flexibility index (Phi) is 4.32. The highest BCUT2D eigenvalue weighted by molar-refractivity contribution is 7.18. The molecule has 32 heavy (non-hydrogen) atoms. The van der Waals surface area contributed by atoms with Crippen LogP contribution < -0.4 is 9.47 Å². The second-order valence-corrected chi connectivity index (χ2v) is 9.10. The van der Waals surface area contributed by atoms with Crippen LogP contribution in [0.2, 0.25) is 0 Å². The molecule has 0 bridgehead atoms. The van der Waals surface area contributed by atoms with E-state index in [4.69, 9.17) is 14.6 Å². The molecule has 2 atom stereocenters. The van der Waals surface area contributed by atoms with Crippen molar-refractivity contribution < 1.29 is 9.47 Å². The van der Waals surface area contributed by atoms with Crippen LogP contribution in [-0.4, -0.2) is 43.8 Å². The molecule has 0 N–H and O–H groups in total. The number of hydrogen-bond donors (Lipinski definition) is 0. The molecule has 1 saturated carbocycles. The van der Waals surface area contributed by atoms with Gasteiger partial charge in [-0.3, -0.25) is 0 Å². The van der Waals surface area contributed by atoms with Crippen LogP contribution in [0, 0.1) is 6.92 Å². The quantitative estimate of drug-likeness (QED) is 0.397. The maximum absolute atomic E-state index is 5.48. The maximum atomic E-state index is 5.48. The van der Waals surface area contributed by atoms with Gasteiger partial charge in [0.25, 0.3) is 0 Å². The van der Waals surface area contributed by atoms with E-state index in [9.17, 15) is 0 Å². The minimum Gasteiger partial charge on any atom is -0.480 e. The molecule has 8 nitrogen and oxygen atoms in total. The van der Waals surface area contributed by atoms with Crippen molar-refractivity contribution in [3.05, 3.63) is 59.0 Å². The molecule has 0 aliphatic heterocycles.